The maximum atomic E-state index is 3.84. The van der Waals surface area contributed by atoms with E-state index in [2.05, 4.69) is 66.3 Å². The molecule has 2 rings (SSSR count). The highest BCUT2D eigenvalue weighted by Crippen LogP contribution is 2.33. The van der Waals surface area contributed by atoms with E-state index in [9.17, 15) is 0 Å². The largest absolute Gasteiger partial charge is 0.149 e. The van der Waals surface area contributed by atoms with Crippen molar-refractivity contribution in [2.75, 3.05) is 0 Å². The van der Waals surface area contributed by atoms with E-state index in [1.165, 1.54) is 27.1 Å². The van der Waals surface area contributed by atoms with Crippen LogP contribution in [0.5, 0.6) is 0 Å². The van der Waals surface area contributed by atoms with E-state index >= 15 is 0 Å². The number of alkyl halides is 1. The van der Waals surface area contributed by atoms with Gasteiger partial charge in [0.05, 0.1) is 0 Å². The minimum absolute atomic E-state index is 0.418. The van der Waals surface area contributed by atoms with E-state index in [-0.39, 0.29) is 0 Å². The van der Waals surface area contributed by atoms with Crippen LogP contribution in [0.15, 0.2) is 29.6 Å². The summed E-state index contributed by atoms with van der Waals surface area (Å²) in [5.41, 5.74) is 5.57. The highest BCUT2D eigenvalue weighted by molar-refractivity contribution is 9.09. The molecule has 1 heterocycles. The SMILES string of the molecule is Cc1cc(C)c(C(Br)Cc2cccs2)c(C)c1. The fourth-order valence-corrected chi connectivity index (χ4v) is 4.43. The zero-order valence-corrected chi connectivity index (χ0v) is 12.9. The summed E-state index contributed by atoms with van der Waals surface area (Å²) < 4.78 is 0. The van der Waals surface area contributed by atoms with Crippen LogP contribution >= 0.6 is 27.3 Å². The van der Waals surface area contributed by atoms with Gasteiger partial charge in [0.25, 0.3) is 0 Å². The minimum Gasteiger partial charge on any atom is -0.149 e. The van der Waals surface area contributed by atoms with Crippen LogP contribution in [0.3, 0.4) is 0 Å². The summed E-state index contributed by atoms with van der Waals surface area (Å²) in [6, 6.07) is 8.86. The number of aryl methyl sites for hydroxylation is 3. The van der Waals surface area contributed by atoms with E-state index in [0.29, 0.717) is 4.83 Å². The first kappa shape index (κ1) is 12.8. The molecule has 0 fully saturated rings. The molecule has 1 unspecified atom stereocenters. The average molecular weight is 309 g/mol. The molecule has 0 spiro atoms. The first-order valence-corrected chi connectivity index (χ1v) is 7.61. The third kappa shape index (κ3) is 2.99. The Morgan fingerprint density at radius 1 is 1.18 bits per heavy atom. The third-order valence-corrected chi connectivity index (χ3v) is 4.69. The van der Waals surface area contributed by atoms with Gasteiger partial charge in [0.15, 0.2) is 0 Å². The van der Waals surface area contributed by atoms with Crippen LogP contribution < -0.4 is 0 Å². The second kappa shape index (κ2) is 5.36. The summed E-state index contributed by atoms with van der Waals surface area (Å²) in [5, 5.41) is 2.14. The quantitative estimate of drug-likeness (QED) is 0.670. The molecule has 0 saturated carbocycles. The summed E-state index contributed by atoms with van der Waals surface area (Å²) >= 11 is 5.67. The normalized spacial score (nSPS) is 12.7. The molecule has 0 aliphatic rings. The Morgan fingerprint density at radius 2 is 1.82 bits per heavy atom. The van der Waals surface area contributed by atoms with E-state index in [1.807, 2.05) is 11.3 Å². The summed E-state index contributed by atoms with van der Waals surface area (Å²) in [6.07, 6.45) is 1.07. The highest BCUT2D eigenvalue weighted by atomic mass is 79.9. The van der Waals surface area contributed by atoms with Crippen molar-refractivity contribution in [1.29, 1.82) is 0 Å². The van der Waals surface area contributed by atoms with Crippen molar-refractivity contribution in [3.63, 3.8) is 0 Å². The van der Waals surface area contributed by atoms with E-state index < -0.39 is 0 Å². The molecular weight excluding hydrogens is 292 g/mol. The van der Waals surface area contributed by atoms with Crippen molar-refractivity contribution in [1.82, 2.24) is 0 Å². The lowest BCUT2D eigenvalue weighted by Gasteiger charge is -2.16. The van der Waals surface area contributed by atoms with Gasteiger partial charge in [0.1, 0.15) is 0 Å². The summed E-state index contributed by atoms with van der Waals surface area (Å²) in [5.74, 6) is 0. The van der Waals surface area contributed by atoms with Crippen molar-refractivity contribution in [2.45, 2.75) is 32.0 Å². The number of hydrogen-bond donors (Lipinski definition) is 0. The Morgan fingerprint density at radius 3 is 2.35 bits per heavy atom. The van der Waals surface area contributed by atoms with Gasteiger partial charge in [-0.1, -0.05) is 39.7 Å². The molecule has 0 aliphatic carbocycles. The first-order chi connectivity index (χ1) is 8.08. The molecule has 0 radical (unpaired) electrons. The fraction of sp³-hybridized carbons (Fsp3) is 0.333. The Labute approximate surface area is 116 Å². The van der Waals surface area contributed by atoms with Crippen LogP contribution in [-0.2, 0) is 6.42 Å². The van der Waals surface area contributed by atoms with Crippen molar-refractivity contribution >= 4 is 27.3 Å². The van der Waals surface area contributed by atoms with Crippen molar-refractivity contribution in [3.8, 4) is 0 Å². The van der Waals surface area contributed by atoms with E-state index in [0.717, 1.165) is 6.42 Å². The Hall–Kier alpha value is -0.600. The van der Waals surface area contributed by atoms with Gasteiger partial charge in [0.2, 0.25) is 0 Å². The van der Waals surface area contributed by atoms with Gasteiger partial charge in [0, 0.05) is 9.70 Å². The van der Waals surface area contributed by atoms with Gasteiger partial charge in [-0.05, 0) is 55.3 Å². The average Bonchev–Trinajstić information content (AvgIpc) is 2.68. The van der Waals surface area contributed by atoms with Crippen molar-refractivity contribution in [3.05, 3.63) is 56.8 Å². The molecule has 0 saturated heterocycles. The maximum Gasteiger partial charge on any atom is 0.0448 e. The van der Waals surface area contributed by atoms with Crippen LogP contribution in [0, 0.1) is 20.8 Å². The predicted octanol–water partition coefficient (Wildman–Crippen LogP) is 5.35. The molecule has 1 atom stereocenters. The molecule has 2 heteroatoms. The summed E-state index contributed by atoms with van der Waals surface area (Å²) in [6.45, 7) is 6.57. The lowest BCUT2D eigenvalue weighted by molar-refractivity contribution is 0.942. The first-order valence-electron chi connectivity index (χ1n) is 5.82. The monoisotopic (exact) mass is 308 g/mol. The van der Waals surface area contributed by atoms with Crippen LogP contribution in [0.1, 0.15) is 32.0 Å². The molecule has 90 valence electrons. The molecule has 1 aromatic heterocycles. The highest BCUT2D eigenvalue weighted by Gasteiger charge is 2.14. The van der Waals surface area contributed by atoms with Crippen molar-refractivity contribution < 1.29 is 0 Å². The van der Waals surface area contributed by atoms with Gasteiger partial charge in [-0.3, -0.25) is 0 Å². The lowest BCUT2D eigenvalue weighted by atomic mass is 9.96. The molecule has 0 N–H and O–H groups in total. The second-order valence-electron chi connectivity index (χ2n) is 4.56. The van der Waals surface area contributed by atoms with Crippen LogP contribution in [0.4, 0.5) is 0 Å². The number of rotatable bonds is 3. The molecule has 0 aliphatic heterocycles. The minimum atomic E-state index is 0.418. The van der Waals surface area contributed by atoms with Crippen LogP contribution in [-0.4, -0.2) is 0 Å². The van der Waals surface area contributed by atoms with Gasteiger partial charge >= 0.3 is 0 Å². The Kier molecular flexibility index (Phi) is 4.05. The van der Waals surface area contributed by atoms with E-state index in [1.54, 1.807) is 0 Å². The van der Waals surface area contributed by atoms with E-state index in [4.69, 9.17) is 0 Å². The predicted molar refractivity (Wildman–Crippen MR) is 80.3 cm³/mol. The number of halogens is 1. The van der Waals surface area contributed by atoms with Gasteiger partial charge in [-0.2, -0.15) is 0 Å². The Balaban J connectivity index is 2.27. The van der Waals surface area contributed by atoms with Gasteiger partial charge in [-0.25, -0.2) is 0 Å². The molecular formula is C15H17BrS. The molecule has 0 amide bonds. The fourth-order valence-electron chi connectivity index (χ4n) is 2.39. The number of hydrogen-bond acceptors (Lipinski definition) is 1. The molecule has 1 aromatic carbocycles. The summed E-state index contributed by atoms with van der Waals surface area (Å²) in [7, 11) is 0. The topological polar surface area (TPSA) is 0 Å². The molecule has 0 bridgehead atoms. The number of benzene rings is 1. The van der Waals surface area contributed by atoms with Crippen molar-refractivity contribution in [2.24, 2.45) is 0 Å². The van der Waals surface area contributed by atoms with Crippen LogP contribution in [0.2, 0.25) is 0 Å². The smallest absolute Gasteiger partial charge is 0.0448 e. The van der Waals surface area contributed by atoms with Gasteiger partial charge in [-0.15, -0.1) is 11.3 Å². The molecule has 2 aromatic rings. The maximum absolute atomic E-state index is 3.84. The standard InChI is InChI=1S/C15H17BrS/c1-10-7-11(2)15(12(3)8-10)14(16)9-13-5-4-6-17-13/h4-8,14H,9H2,1-3H3. The zero-order chi connectivity index (χ0) is 12.4. The summed E-state index contributed by atoms with van der Waals surface area (Å²) in [4.78, 5) is 1.85. The third-order valence-electron chi connectivity index (χ3n) is 3.01. The lowest BCUT2D eigenvalue weighted by Crippen LogP contribution is -2.00. The second-order valence-corrected chi connectivity index (χ2v) is 6.70. The van der Waals surface area contributed by atoms with Crippen LogP contribution in [0.25, 0.3) is 0 Å². The Bertz CT molecular complexity index is 477. The zero-order valence-electron chi connectivity index (χ0n) is 10.5. The number of thiophene rings is 1. The van der Waals surface area contributed by atoms with Gasteiger partial charge < -0.3 is 0 Å². The molecule has 0 nitrogen and oxygen atoms in total. The molecule has 17 heavy (non-hydrogen) atoms.